The lowest BCUT2D eigenvalue weighted by Gasteiger charge is -2.07. The van der Waals surface area contributed by atoms with Gasteiger partial charge in [-0.3, -0.25) is 4.57 Å². The molecular formula is C25H27N5O4S. The maximum Gasteiger partial charge on any atom is 0.326 e. The van der Waals surface area contributed by atoms with Crippen LogP contribution in [0.4, 0.5) is 4.79 Å². The molecule has 2 N–H and O–H groups in total. The minimum absolute atomic E-state index is 0.217. The summed E-state index contributed by atoms with van der Waals surface area (Å²) < 4.78 is 30.3. The van der Waals surface area contributed by atoms with Gasteiger partial charge >= 0.3 is 6.03 Å². The van der Waals surface area contributed by atoms with Gasteiger partial charge in [0.1, 0.15) is 18.7 Å². The van der Waals surface area contributed by atoms with E-state index in [1.165, 1.54) is 17.2 Å². The molecule has 0 bridgehead atoms. The van der Waals surface area contributed by atoms with Crippen molar-refractivity contribution in [3.05, 3.63) is 84.8 Å². The maximum absolute atomic E-state index is 12.4. The number of carbonyl (C=O) groups is 1. The molecule has 0 spiro atoms. The second-order valence-electron chi connectivity index (χ2n) is 8.14. The highest BCUT2D eigenvalue weighted by molar-refractivity contribution is 7.90. The van der Waals surface area contributed by atoms with Crippen molar-refractivity contribution < 1.29 is 17.9 Å². The van der Waals surface area contributed by atoms with Crippen LogP contribution >= 0.6 is 0 Å². The molecule has 1 amide bonds. The largest absolute Gasteiger partial charge is 0.489 e. The van der Waals surface area contributed by atoms with Gasteiger partial charge in [0.25, 0.3) is 0 Å². The fourth-order valence-corrected chi connectivity index (χ4v) is 4.08. The van der Waals surface area contributed by atoms with Crippen molar-refractivity contribution in [1.29, 1.82) is 0 Å². The van der Waals surface area contributed by atoms with E-state index in [1.54, 1.807) is 36.8 Å². The number of sulfone groups is 1. The van der Waals surface area contributed by atoms with Gasteiger partial charge in [-0.2, -0.15) is 0 Å². The summed E-state index contributed by atoms with van der Waals surface area (Å²) in [6, 6.07) is 13.8. The molecule has 9 nitrogen and oxygen atoms in total. The summed E-state index contributed by atoms with van der Waals surface area (Å²) in [4.78, 5) is 24.1. The molecule has 0 unspecified atom stereocenters. The summed E-state index contributed by atoms with van der Waals surface area (Å²) in [5, 5.41) is 2.90. The number of H-pyrrole nitrogens is 1. The van der Waals surface area contributed by atoms with Gasteiger partial charge < -0.3 is 15.0 Å². The average molecular weight is 494 g/mol. The Labute approximate surface area is 204 Å². The Hall–Kier alpha value is -3.92. The topological polar surface area (TPSA) is 119 Å². The van der Waals surface area contributed by atoms with E-state index in [9.17, 15) is 13.2 Å². The van der Waals surface area contributed by atoms with Crippen LogP contribution in [0.15, 0.2) is 78.5 Å². The van der Waals surface area contributed by atoms with Gasteiger partial charge in [-0.15, -0.1) is 0 Å². The van der Waals surface area contributed by atoms with Crippen LogP contribution in [-0.4, -0.2) is 46.8 Å². The van der Waals surface area contributed by atoms with Crippen LogP contribution in [-0.2, 0) is 22.9 Å². The number of rotatable bonds is 10. The lowest BCUT2D eigenvalue weighted by molar-refractivity contribution is 0.242. The predicted octanol–water partition coefficient (Wildman–Crippen LogP) is 3.84. The van der Waals surface area contributed by atoms with E-state index in [4.69, 9.17) is 4.74 Å². The van der Waals surface area contributed by atoms with Crippen molar-refractivity contribution in [2.24, 2.45) is 0 Å². The highest BCUT2D eigenvalue weighted by Crippen LogP contribution is 2.22. The Morgan fingerprint density at radius 3 is 2.51 bits per heavy atom. The quantitative estimate of drug-likeness (QED) is 0.324. The third-order valence-corrected chi connectivity index (χ3v) is 6.54. The molecule has 2 aromatic heterocycles. The summed E-state index contributed by atoms with van der Waals surface area (Å²) in [5.41, 5.74) is 3.43. The lowest BCUT2D eigenvalue weighted by atomic mass is 10.1. The van der Waals surface area contributed by atoms with Gasteiger partial charge in [-0.1, -0.05) is 12.1 Å². The van der Waals surface area contributed by atoms with E-state index in [0.29, 0.717) is 24.6 Å². The smallest absolute Gasteiger partial charge is 0.326 e. The molecule has 0 aliphatic heterocycles. The number of nitrogens with zero attached hydrogens (tertiary/aromatic N) is 3. The number of unbranched alkanes of at least 4 members (excludes halogenated alkanes) is 1. The van der Waals surface area contributed by atoms with Gasteiger partial charge in [0, 0.05) is 30.8 Å². The monoisotopic (exact) mass is 493 g/mol. The van der Waals surface area contributed by atoms with Crippen molar-refractivity contribution in [2.75, 3.05) is 12.8 Å². The third-order valence-electron chi connectivity index (χ3n) is 5.41. The molecule has 0 radical (unpaired) electrons. The first-order valence-electron chi connectivity index (χ1n) is 11.2. The molecule has 0 saturated heterocycles. The van der Waals surface area contributed by atoms with Gasteiger partial charge in [0.2, 0.25) is 0 Å². The molecule has 4 aromatic rings. The second kappa shape index (κ2) is 11.0. The minimum Gasteiger partial charge on any atom is -0.489 e. The van der Waals surface area contributed by atoms with Gasteiger partial charge in [-0.05, 0) is 61.2 Å². The van der Waals surface area contributed by atoms with Gasteiger partial charge in [-0.25, -0.2) is 23.2 Å². The van der Waals surface area contributed by atoms with E-state index in [0.717, 1.165) is 36.1 Å². The fourth-order valence-electron chi connectivity index (χ4n) is 3.45. The van der Waals surface area contributed by atoms with Crippen LogP contribution in [0.1, 0.15) is 24.1 Å². The molecule has 182 valence electrons. The number of hydrogen-bond acceptors (Lipinski definition) is 6. The predicted molar refractivity (Wildman–Crippen MR) is 132 cm³/mol. The standard InChI is InChI=1S/C25H27N5O4S/c1-35(32,33)23-11-5-19(6-12-23)16-34-22-9-7-20(8-10-22)24-15-30(18-29-24)25(31)27-13-3-2-4-21-14-26-17-28-21/h5-12,14-15,17-18H,2-4,13,16H2,1H3,(H,26,28)(H,27,31). The Morgan fingerprint density at radius 2 is 1.83 bits per heavy atom. The van der Waals surface area contributed by atoms with E-state index < -0.39 is 9.84 Å². The van der Waals surface area contributed by atoms with E-state index in [1.807, 2.05) is 30.5 Å². The number of imidazole rings is 2. The Balaban J connectivity index is 1.24. The highest BCUT2D eigenvalue weighted by atomic mass is 32.2. The number of aromatic amines is 1. The van der Waals surface area contributed by atoms with Crippen molar-refractivity contribution >= 4 is 15.9 Å². The lowest BCUT2D eigenvalue weighted by Crippen LogP contribution is -2.28. The first-order valence-corrected chi connectivity index (χ1v) is 13.1. The van der Waals surface area contributed by atoms with Crippen LogP contribution in [0.5, 0.6) is 5.75 Å². The number of aromatic nitrogens is 4. The fraction of sp³-hybridized carbons (Fsp3) is 0.240. The molecule has 4 rings (SSSR count). The zero-order valence-corrected chi connectivity index (χ0v) is 20.2. The number of benzene rings is 2. The molecule has 10 heteroatoms. The zero-order valence-electron chi connectivity index (χ0n) is 19.3. The molecule has 0 aliphatic rings. The van der Waals surface area contributed by atoms with E-state index in [2.05, 4.69) is 20.3 Å². The average Bonchev–Trinajstić information content (AvgIpc) is 3.55. The number of aryl methyl sites for hydroxylation is 1. The molecular weight excluding hydrogens is 466 g/mol. The third kappa shape index (κ3) is 6.80. The SMILES string of the molecule is CS(=O)(=O)c1ccc(COc2ccc(-c3cn(C(=O)NCCCCc4c[nH]cn4)cn3)cc2)cc1. The summed E-state index contributed by atoms with van der Waals surface area (Å²) >= 11 is 0. The van der Waals surface area contributed by atoms with Crippen LogP contribution in [0.3, 0.4) is 0 Å². The Kier molecular flexibility index (Phi) is 7.61. The number of amides is 1. The number of ether oxygens (including phenoxy) is 1. The Morgan fingerprint density at radius 1 is 1.06 bits per heavy atom. The first kappa shape index (κ1) is 24.2. The summed E-state index contributed by atoms with van der Waals surface area (Å²) in [6.07, 6.45) is 10.6. The molecule has 2 aromatic carbocycles. The maximum atomic E-state index is 12.4. The van der Waals surface area contributed by atoms with Crippen LogP contribution in [0.25, 0.3) is 11.3 Å². The van der Waals surface area contributed by atoms with Crippen molar-refractivity contribution in [2.45, 2.75) is 30.8 Å². The number of nitrogens with one attached hydrogen (secondary N) is 2. The normalized spacial score (nSPS) is 11.3. The van der Waals surface area contributed by atoms with E-state index in [-0.39, 0.29) is 10.9 Å². The highest BCUT2D eigenvalue weighted by Gasteiger charge is 2.09. The van der Waals surface area contributed by atoms with Crippen molar-refractivity contribution in [3.8, 4) is 17.0 Å². The number of hydrogen-bond donors (Lipinski definition) is 2. The van der Waals surface area contributed by atoms with Gasteiger partial charge in [0.05, 0.1) is 22.6 Å². The number of carbonyl (C=O) groups excluding carboxylic acids is 1. The first-order chi connectivity index (χ1) is 16.9. The zero-order chi connectivity index (χ0) is 24.7. The Bertz CT molecular complexity index is 1350. The summed E-state index contributed by atoms with van der Waals surface area (Å²) in [7, 11) is -3.21. The minimum atomic E-state index is -3.21. The molecule has 0 aliphatic carbocycles. The van der Waals surface area contributed by atoms with E-state index >= 15 is 0 Å². The summed E-state index contributed by atoms with van der Waals surface area (Å²) in [5.74, 6) is 0.674. The second-order valence-corrected chi connectivity index (χ2v) is 10.2. The van der Waals surface area contributed by atoms with Crippen LogP contribution in [0.2, 0.25) is 0 Å². The molecule has 0 saturated carbocycles. The van der Waals surface area contributed by atoms with Crippen LogP contribution < -0.4 is 10.1 Å². The van der Waals surface area contributed by atoms with Crippen molar-refractivity contribution in [3.63, 3.8) is 0 Å². The van der Waals surface area contributed by atoms with Crippen molar-refractivity contribution in [1.82, 2.24) is 24.8 Å². The molecule has 2 heterocycles. The molecule has 35 heavy (non-hydrogen) atoms. The molecule has 0 fully saturated rings. The van der Waals surface area contributed by atoms with Crippen LogP contribution in [0, 0.1) is 0 Å². The summed E-state index contributed by atoms with van der Waals surface area (Å²) in [6.45, 7) is 0.902. The molecule has 0 atom stereocenters. The van der Waals surface area contributed by atoms with Gasteiger partial charge in [0.15, 0.2) is 9.84 Å².